The molecule has 0 saturated heterocycles. The van der Waals surface area contributed by atoms with Gasteiger partial charge in [0.1, 0.15) is 0 Å². The number of carbonyl (C=O) groups excluding carboxylic acids is 8. The Morgan fingerprint density at radius 2 is 0.562 bits per heavy atom. The highest BCUT2D eigenvalue weighted by Crippen LogP contribution is 2.66. The maximum Gasteiger partial charge on any atom is 0.333 e. The van der Waals surface area contributed by atoms with Gasteiger partial charge in [-0.3, -0.25) is 28.8 Å². The minimum Gasteiger partial charge on any atom is -0.465 e. The molecule has 15 aliphatic rings. The van der Waals surface area contributed by atoms with Gasteiger partial charge in [0, 0.05) is 24.5 Å². The summed E-state index contributed by atoms with van der Waals surface area (Å²) in [6.07, 6.45) is 56.9. The van der Waals surface area contributed by atoms with Crippen LogP contribution in [0.2, 0.25) is 0 Å². The Labute approximate surface area is 728 Å². The first-order valence-corrected chi connectivity index (χ1v) is 51.5. The molecule has 678 valence electrons. The fourth-order valence-electron chi connectivity index (χ4n) is 31.3. The highest BCUT2D eigenvalue weighted by Gasteiger charge is 2.61. The molecule has 0 aromatic rings. The number of carbonyl (C=O) groups is 8. The molecule has 0 N–H and O–H groups in total. The Bertz CT molecular complexity index is 3420. The molecule has 0 heterocycles. The van der Waals surface area contributed by atoms with Crippen molar-refractivity contribution in [2.45, 2.75) is 342 Å². The Morgan fingerprint density at radius 1 is 0.281 bits per heavy atom. The summed E-state index contributed by atoms with van der Waals surface area (Å²) in [7, 11) is 0. The van der Waals surface area contributed by atoms with Crippen LogP contribution in [0.25, 0.3) is 0 Å². The first-order valence-electron chi connectivity index (χ1n) is 51.5. The Hall–Kier alpha value is -4.76. The van der Waals surface area contributed by atoms with Crippen LogP contribution in [0.5, 0.6) is 0 Å². The zero-order chi connectivity index (χ0) is 84.0. The highest BCUT2D eigenvalue weighted by molar-refractivity contribution is 5.87. The van der Waals surface area contributed by atoms with Crippen molar-refractivity contribution in [2.75, 3.05) is 52.9 Å². The minimum absolute atomic E-state index is 0.0150. The molecular formula is C105H162O16. The van der Waals surface area contributed by atoms with Crippen LogP contribution in [0.1, 0.15) is 342 Å². The molecule has 0 aliphatic heterocycles. The van der Waals surface area contributed by atoms with E-state index in [1.54, 1.807) is 6.92 Å². The zero-order valence-corrected chi connectivity index (χ0v) is 75.5. The van der Waals surface area contributed by atoms with Gasteiger partial charge in [-0.25, -0.2) is 9.59 Å². The molecular weight excluding hydrogens is 1520 g/mol. The van der Waals surface area contributed by atoms with E-state index in [9.17, 15) is 38.4 Å². The van der Waals surface area contributed by atoms with Gasteiger partial charge in [0.15, 0.2) is 0 Å². The van der Waals surface area contributed by atoms with E-state index in [1.807, 2.05) is 0 Å². The van der Waals surface area contributed by atoms with Gasteiger partial charge in [-0.2, -0.15) is 0 Å². The smallest absolute Gasteiger partial charge is 0.333 e. The maximum atomic E-state index is 13.5. The highest BCUT2D eigenvalue weighted by atomic mass is 16.6. The van der Waals surface area contributed by atoms with Crippen molar-refractivity contribution in [1.82, 2.24) is 0 Å². The molecule has 16 heteroatoms. The number of unbranched alkanes of at least 4 members (excludes halogenated alkanes) is 14. The first-order chi connectivity index (χ1) is 58.9. The summed E-state index contributed by atoms with van der Waals surface area (Å²) in [6.45, 7) is 17.7. The third-order valence-electron chi connectivity index (χ3n) is 37.1. The van der Waals surface area contributed by atoms with Crippen LogP contribution in [0.3, 0.4) is 0 Å². The average Bonchev–Trinajstić information content (AvgIpc) is 1.61. The van der Waals surface area contributed by atoms with Crippen molar-refractivity contribution in [1.29, 1.82) is 0 Å². The minimum atomic E-state index is -0.339. The third kappa shape index (κ3) is 22.9. The Balaban J connectivity index is 0.423. The molecule has 0 amide bonds. The molecule has 121 heavy (non-hydrogen) atoms. The topological polar surface area (TPSA) is 210 Å². The molecule has 0 aromatic carbocycles. The summed E-state index contributed by atoms with van der Waals surface area (Å²) < 4.78 is 47.6. The summed E-state index contributed by atoms with van der Waals surface area (Å²) in [4.78, 5) is 104. The van der Waals surface area contributed by atoms with E-state index in [2.05, 4.69) is 27.0 Å². The van der Waals surface area contributed by atoms with Crippen molar-refractivity contribution < 1.29 is 76.3 Å². The van der Waals surface area contributed by atoms with E-state index >= 15 is 0 Å². The number of esters is 8. The lowest BCUT2D eigenvalue weighted by Crippen LogP contribution is -2.35. The van der Waals surface area contributed by atoms with Gasteiger partial charge in [-0.15, -0.1) is 0 Å². The molecule has 0 spiro atoms. The normalized spacial score (nSPS) is 39.1. The first kappa shape index (κ1) is 91.0. The predicted octanol–water partition coefficient (Wildman–Crippen LogP) is 22.6. The molecule has 0 radical (unpaired) electrons. The van der Waals surface area contributed by atoms with E-state index in [0.29, 0.717) is 265 Å². The molecule has 15 aliphatic carbocycles. The van der Waals surface area contributed by atoms with Gasteiger partial charge in [0.2, 0.25) is 0 Å². The van der Waals surface area contributed by atoms with Crippen LogP contribution < -0.4 is 0 Å². The van der Waals surface area contributed by atoms with E-state index in [0.717, 1.165) is 126 Å². The summed E-state index contributed by atoms with van der Waals surface area (Å²) in [6, 6.07) is 0. The number of rotatable bonds is 48. The number of hydrogen-bond acceptors (Lipinski definition) is 16. The van der Waals surface area contributed by atoms with Gasteiger partial charge in [0.25, 0.3) is 0 Å². The standard InChI is InChI=1S/C105H162O16/c1-6-9-11-13-14-20-26-71-32-31-70(25-19-12-10-7-2)84(27-21-15-17-23-29-99(107)115-61-80-49-76-53-90(80)95-47-68(43-88(76)95)59-118-102(110)72-33-37-74(38-34-72)104(112)120-63-82-51-78-55-92(82)94-45-66(41-86(78)94)57-114-98(106)8-3)85(71)28-22-16-18-24-30-100(108)116-62-81-50-77-54-91(81)96-48-69(44-89(77)96)60-119-103(111)73-35-39-75(40-36-73)105(113)121-64-83-52-79-56-93(83)97-46-67(42-87(79)97)58-117-101(109)65(4)5/h8,66-97H,3-4,6-7,9-64H2,1-2,5H3/t66?,67?,68?,69?,70?,71?,72?,73?,74?,75?,76?,77?,78?,79?,80?,81?,82?,83?,84?,85?,86-,87-,88+,89+,90?,91?,92?,93?,94-,95+,96+,97-/m0/s1. The summed E-state index contributed by atoms with van der Waals surface area (Å²) >= 11 is 0. The van der Waals surface area contributed by atoms with Crippen LogP contribution >= 0.6 is 0 Å². The van der Waals surface area contributed by atoms with Crippen molar-refractivity contribution in [3.63, 3.8) is 0 Å². The predicted molar refractivity (Wildman–Crippen MR) is 467 cm³/mol. The van der Waals surface area contributed by atoms with Gasteiger partial charge >= 0.3 is 47.8 Å². The largest absolute Gasteiger partial charge is 0.465 e. The summed E-state index contributed by atoms with van der Waals surface area (Å²) in [5.74, 6) is 15.6. The Kier molecular flexibility index (Phi) is 33.0. The lowest BCUT2D eigenvalue weighted by Gasteiger charge is -2.44. The molecule has 16 nitrogen and oxygen atoms in total. The molecule has 15 fully saturated rings. The van der Waals surface area contributed by atoms with Crippen molar-refractivity contribution >= 4 is 47.8 Å². The SMILES string of the molecule is C=CC(=O)OCC1C[C@@H]2C3CC(CC3COC(=O)C3CCC(C(=O)OCC4C[C@@H]5C6CC(COC(=O)CCCCCCC7C(CCCCCC)CCC(CCCCCCCC)C7CCCCCCC(=O)OCC7CC8CC7[C@@H]7CC(COC(=O)C9CCC(C(=O)OCC%10CC%11CC%10[C@H]%10CC(COC(=O)C(=C)C)C[C@@H]%11%10)CC9)C[C@H]87)C(C6)[C@@H]5C4)CC3)[C@@H]2C1. The van der Waals surface area contributed by atoms with E-state index in [4.69, 9.17) is 37.9 Å². The van der Waals surface area contributed by atoms with Gasteiger partial charge in [-0.05, 0) is 365 Å². The lowest BCUT2D eigenvalue weighted by molar-refractivity contribution is -0.157. The van der Waals surface area contributed by atoms with Crippen molar-refractivity contribution in [2.24, 2.45) is 189 Å². The molecule has 15 saturated carbocycles. The second-order valence-corrected chi connectivity index (χ2v) is 44.2. The van der Waals surface area contributed by atoms with E-state index in [-0.39, 0.29) is 71.4 Å². The van der Waals surface area contributed by atoms with Gasteiger partial charge in [-0.1, -0.05) is 143 Å². The van der Waals surface area contributed by atoms with Crippen LogP contribution in [-0.2, 0) is 76.3 Å². The monoisotopic (exact) mass is 1680 g/mol. The zero-order valence-electron chi connectivity index (χ0n) is 75.5. The van der Waals surface area contributed by atoms with Crippen molar-refractivity contribution in [3.05, 3.63) is 24.8 Å². The van der Waals surface area contributed by atoms with E-state index < -0.39 is 0 Å². The Morgan fingerprint density at radius 3 is 0.901 bits per heavy atom. The number of fused-ring (bicyclic) bond motifs is 20. The van der Waals surface area contributed by atoms with E-state index in [1.165, 1.54) is 160 Å². The quantitative estimate of drug-likeness (QED) is 0.0240. The van der Waals surface area contributed by atoms with Crippen molar-refractivity contribution in [3.8, 4) is 0 Å². The molecule has 20 unspecified atom stereocenters. The fourth-order valence-corrected chi connectivity index (χ4v) is 31.3. The van der Waals surface area contributed by atoms with Crippen LogP contribution in [0, 0.1) is 189 Å². The molecule has 0 aromatic heterocycles. The third-order valence-corrected chi connectivity index (χ3v) is 37.1. The fraction of sp³-hybridized carbons (Fsp3) is 0.886. The van der Waals surface area contributed by atoms with Gasteiger partial charge in [0.05, 0.1) is 76.5 Å². The second-order valence-electron chi connectivity index (χ2n) is 44.2. The van der Waals surface area contributed by atoms with Gasteiger partial charge < -0.3 is 37.9 Å². The van der Waals surface area contributed by atoms with Crippen LogP contribution in [0.4, 0.5) is 0 Å². The number of ether oxygens (including phenoxy) is 8. The average molecular weight is 1680 g/mol. The van der Waals surface area contributed by atoms with Crippen LogP contribution in [-0.4, -0.2) is 101 Å². The second kappa shape index (κ2) is 43.8. The number of hydrogen-bond donors (Lipinski definition) is 0. The molecule has 28 atom stereocenters. The lowest BCUT2D eigenvalue weighted by atomic mass is 9.61. The summed E-state index contributed by atoms with van der Waals surface area (Å²) in [5, 5.41) is 0. The summed E-state index contributed by atoms with van der Waals surface area (Å²) in [5.41, 5.74) is 0.451. The van der Waals surface area contributed by atoms with Crippen LogP contribution in [0.15, 0.2) is 24.8 Å². The molecule has 15 rings (SSSR count). The molecule has 8 bridgehead atoms. The maximum absolute atomic E-state index is 13.5.